The van der Waals surface area contributed by atoms with Crippen LogP contribution in [0.2, 0.25) is 0 Å². The first kappa shape index (κ1) is 18.0. The molecule has 1 heterocycles. The number of rotatable bonds is 6. The van der Waals surface area contributed by atoms with E-state index in [1.165, 1.54) is 22.3 Å². The second-order valence-electron chi connectivity index (χ2n) is 6.07. The number of hydrogen-bond acceptors (Lipinski definition) is 2. The van der Waals surface area contributed by atoms with Gasteiger partial charge in [-0.25, -0.2) is 0 Å². The fraction of sp³-hybridized carbons (Fsp3) is 0.318. The minimum atomic E-state index is 0.957. The van der Waals surface area contributed by atoms with Crippen molar-refractivity contribution in [3.63, 3.8) is 0 Å². The van der Waals surface area contributed by atoms with Crippen molar-refractivity contribution in [2.24, 2.45) is 0 Å². The van der Waals surface area contributed by atoms with Crippen LogP contribution in [0.15, 0.2) is 37.0 Å². The Labute approximate surface area is 145 Å². The zero-order chi connectivity index (χ0) is 17.7. The monoisotopic (exact) mass is 321 g/mol. The third-order valence-corrected chi connectivity index (χ3v) is 4.36. The van der Waals surface area contributed by atoms with Crippen LogP contribution in [0.3, 0.4) is 0 Å². The normalized spacial score (nSPS) is 11.5. The van der Waals surface area contributed by atoms with Crippen LogP contribution in [0.1, 0.15) is 55.6 Å². The van der Waals surface area contributed by atoms with Crippen molar-refractivity contribution in [3.8, 4) is 5.75 Å². The third-order valence-electron chi connectivity index (χ3n) is 4.36. The van der Waals surface area contributed by atoms with Gasteiger partial charge < -0.3 is 4.74 Å². The van der Waals surface area contributed by atoms with E-state index in [4.69, 9.17) is 4.74 Å². The van der Waals surface area contributed by atoms with Crippen LogP contribution in [0.25, 0.3) is 17.2 Å². The lowest BCUT2D eigenvalue weighted by atomic mass is 9.95. The summed E-state index contributed by atoms with van der Waals surface area (Å²) in [5.41, 5.74) is 8.07. The maximum Gasteiger partial charge on any atom is 0.122 e. The van der Waals surface area contributed by atoms with E-state index in [-0.39, 0.29) is 0 Å². The number of ether oxygens (including phenoxy) is 1. The highest BCUT2D eigenvalue weighted by atomic mass is 16.5. The Morgan fingerprint density at radius 1 is 1.21 bits per heavy atom. The van der Waals surface area contributed by atoms with Gasteiger partial charge in [-0.05, 0) is 72.7 Å². The average molecular weight is 321 g/mol. The van der Waals surface area contributed by atoms with Crippen molar-refractivity contribution in [3.05, 3.63) is 65.0 Å². The zero-order valence-corrected chi connectivity index (χ0v) is 15.4. The van der Waals surface area contributed by atoms with Crippen molar-refractivity contribution < 1.29 is 4.74 Å². The average Bonchev–Trinajstić information content (AvgIpc) is 2.60. The van der Waals surface area contributed by atoms with Crippen LogP contribution in [0, 0.1) is 0 Å². The molecule has 0 aliphatic heterocycles. The van der Waals surface area contributed by atoms with Gasteiger partial charge in [0, 0.05) is 11.8 Å². The summed E-state index contributed by atoms with van der Waals surface area (Å²) in [6, 6.07) is 8.42. The van der Waals surface area contributed by atoms with Crippen molar-refractivity contribution >= 4 is 17.2 Å². The molecule has 0 N–H and O–H groups in total. The lowest BCUT2D eigenvalue weighted by molar-refractivity contribution is 0.409. The fourth-order valence-electron chi connectivity index (χ4n) is 3.01. The lowest BCUT2D eigenvalue weighted by Gasteiger charge is -2.15. The molecular formula is C22H27NO. The van der Waals surface area contributed by atoms with Gasteiger partial charge in [0.05, 0.1) is 12.8 Å². The quantitative estimate of drug-likeness (QED) is 0.670. The first-order valence-electron chi connectivity index (χ1n) is 8.51. The van der Waals surface area contributed by atoms with Gasteiger partial charge in [-0.3, -0.25) is 4.98 Å². The maximum absolute atomic E-state index is 5.62. The first-order chi connectivity index (χ1) is 11.5. The summed E-state index contributed by atoms with van der Waals surface area (Å²) in [6.45, 7) is 12.6. The van der Waals surface area contributed by atoms with Gasteiger partial charge in [0.15, 0.2) is 0 Å². The molecule has 0 saturated heterocycles. The first-order valence-corrected chi connectivity index (χ1v) is 8.51. The number of pyridine rings is 1. The van der Waals surface area contributed by atoms with E-state index >= 15 is 0 Å². The van der Waals surface area contributed by atoms with Gasteiger partial charge in [0.25, 0.3) is 0 Å². The molecule has 2 nitrogen and oxygen atoms in total. The van der Waals surface area contributed by atoms with Gasteiger partial charge in [-0.15, -0.1) is 0 Å². The SMILES string of the molecule is C=C(C)c1cccnc1/C=C(\C)c1cc(CC)c(CC)c(OC)c1. The van der Waals surface area contributed by atoms with Crippen LogP contribution in [-0.2, 0) is 12.8 Å². The molecule has 126 valence electrons. The number of hydrogen-bond donors (Lipinski definition) is 0. The number of benzene rings is 1. The van der Waals surface area contributed by atoms with Gasteiger partial charge >= 0.3 is 0 Å². The van der Waals surface area contributed by atoms with E-state index in [2.05, 4.69) is 56.6 Å². The Hall–Kier alpha value is -2.35. The second kappa shape index (κ2) is 7.96. The molecule has 0 aliphatic rings. The topological polar surface area (TPSA) is 22.1 Å². The minimum absolute atomic E-state index is 0.957. The fourth-order valence-corrected chi connectivity index (χ4v) is 3.01. The number of aromatic nitrogens is 1. The molecule has 0 fully saturated rings. The number of aryl methyl sites for hydroxylation is 1. The van der Waals surface area contributed by atoms with Crippen molar-refractivity contribution in [2.45, 2.75) is 40.5 Å². The molecule has 0 unspecified atom stereocenters. The Morgan fingerprint density at radius 3 is 2.54 bits per heavy atom. The predicted molar refractivity (Wildman–Crippen MR) is 104 cm³/mol. The van der Waals surface area contributed by atoms with Gasteiger partial charge in [-0.2, -0.15) is 0 Å². The highest BCUT2D eigenvalue weighted by molar-refractivity contribution is 5.84. The molecule has 0 amide bonds. The molecule has 1 aromatic carbocycles. The molecule has 0 atom stereocenters. The van der Waals surface area contributed by atoms with E-state index in [1.807, 2.05) is 19.2 Å². The van der Waals surface area contributed by atoms with E-state index in [0.29, 0.717) is 0 Å². The molecule has 1 aromatic heterocycles. The standard InChI is InChI=1S/C22H27NO/c1-7-17-13-18(14-22(24-6)19(17)8-2)16(5)12-21-20(15(3)4)10-9-11-23-21/h9-14H,3,7-8H2,1-2,4-6H3/b16-12+. The Balaban J connectivity index is 2.54. The molecule has 0 radical (unpaired) electrons. The van der Waals surface area contributed by atoms with E-state index in [9.17, 15) is 0 Å². The molecule has 2 aromatic rings. The summed E-state index contributed by atoms with van der Waals surface area (Å²) in [7, 11) is 1.74. The van der Waals surface area contributed by atoms with E-state index in [0.717, 1.165) is 35.4 Å². The summed E-state index contributed by atoms with van der Waals surface area (Å²) >= 11 is 0. The van der Waals surface area contributed by atoms with Crippen LogP contribution in [0.5, 0.6) is 5.75 Å². The Bertz CT molecular complexity index is 746. The van der Waals surface area contributed by atoms with Crippen LogP contribution in [0.4, 0.5) is 0 Å². The summed E-state index contributed by atoms with van der Waals surface area (Å²) in [5, 5.41) is 0. The van der Waals surface area contributed by atoms with Crippen LogP contribution >= 0.6 is 0 Å². The zero-order valence-electron chi connectivity index (χ0n) is 15.4. The molecule has 2 heteroatoms. The smallest absolute Gasteiger partial charge is 0.122 e. The Morgan fingerprint density at radius 2 is 1.96 bits per heavy atom. The number of nitrogens with zero attached hydrogens (tertiary/aromatic N) is 1. The summed E-state index contributed by atoms with van der Waals surface area (Å²) in [4.78, 5) is 4.52. The molecule has 2 rings (SSSR count). The van der Waals surface area contributed by atoms with Gasteiger partial charge in [0.1, 0.15) is 5.75 Å². The van der Waals surface area contributed by atoms with Crippen molar-refractivity contribution in [2.75, 3.05) is 7.11 Å². The largest absolute Gasteiger partial charge is 0.496 e. The van der Waals surface area contributed by atoms with Crippen LogP contribution < -0.4 is 4.74 Å². The molecule has 0 spiro atoms. The molecule has 24 heavy (non-hydrogen) atoms. The lowest BCUT2D eigenvalue weighted by Crippen LogP contribution is -1.99. The van der Waals surface area contributed by atoms with Gasteiger partial charge in [0.2, 0.25) is 0 Å². The third kappa shape index (κ3) is 3.76. The molecule has 0 saturated carbocycles. The van der Waals surface area contributed by atoms with Crippen LogP contribution in [-0.4, -0.2) is 12.1 Å². The highest BCUT2D eigenvalue weighted by Crippen LogP contribution is 2.30. The van der Waals surface area contributed by atoms with Crippen molar-refractivity contribution in [1.82, 2.24) is 4.98 Å². The highest BCUT2D eigenvalue weighted by Gasteiger charge is 2.11. The van der Waals surface area contributed by atoms with E-state index < -0.39 is 0 Å². The molecule has 0 bridgehead atoms. The van der Waals surface area contributed by atoms with E-state index in [1.54, 1.807) is 7.11 Å². The predicted octanol–water partition coefficient (Wildman–Crippen LogP) is 5.81. The number of allylic oxidation sites excluding steroid dienone is 2. The minimum Gasteiger partial charge on any atom is -0.496 e. The van der Waals surface area contributed by atoms with Crippen molar-refractivity contribution in [1.29, 1.82) is 0 Å². The summed E-state index contributed by atoms with van der Waals surface area (Å²) < 4.78 is 5.62. The summed E-state index contributed by atoms with van der Waals surface area (Å²) in [5.74, 6) is 0.973. The summed E-state index contributed by atoms with van der Waals surface area (Å²) in [6.07, 6.45) is 5.93. The molecular weight excluding hydrogens is 294 g/mol. The Kier molecular flexibility index (Phi) is 5.97. The molecule has 0 aliphatic carbocycles. The maximum atomic E-state index is 5.62. The van der Waals surface area contributed by atoms with Gasteiger partial charge in [-0.1, -0.05) is 32.6 Å². The number of methoxy groups -OCH3 is 1. The second-order valence-corrected chi connectivity index (χ2v) is 6.07.